The van der Waals surface area contributed by atoms with Crippen LogP contribution in [0, 0.1) is 17.8 Å². The van der Waals surface area contributed by atoms with Gasteiger partial charge in [0.1, 0.15) is 6.04 Å². The number of fused-ring (bicyclic) bond motifs is 1. The van der Waals surface area contributed by atoms with Crippen molar-refractivity contribution in [2.75, 3.05) is 11.9 Å². The third-order valence-electron chi connectivity index (χ3n) is 7.40. The standard InChI is InChI=1S/C27H37N3O3/c1-18(2)16-24(30-26(32)22-9-4-5-10-23(22)27(30)33)25(31)28-21-13-11-20(12-14-21)17-29-15-7-6-8-19(29)3/h4-5,11-14,18-19,22-24H,6-10,15-17H2,1-3H3,(H,28,31). The highest BCUT2D eigenvalue weighted by molar-refractivity contribution is 6.10. The van der Waals surface area contributed by atoms with Gasteiger partial charge in [-0.3, -0.25) is 24.2 Å². The van der Waals surface area contributed by atoms with Crippen LogP contribution in [0.4, 0.5) is 5.69 Å². The minimum atomic E-state index is -0.774. The average molecular weight is 452 g/mol. The van der Waals surface area contributed by atoms with E-state index >= 15 is 0 Å². The van der Waals surface area contributed by atoms with Crippen LogP contribution in [0.5, 0.6) is 0 Å². The number of imide groups is 1. The molecule has 3 aliphatic rings. The van der Waals surface area contributed by atoms with E-state index in [1.807, 2.05) is 38.1 Å². The van der Waals surface area contributed by atoms with E-state index in [-0.39, 0.29) is 35.5 Å². The Morgan fingerprint density at radius 3 is 2.24 bits per heavy atom. The van der Waals surface area contributed by atoms with Gasteiger partial charge in [-0.1, -0.05) is 44.6 Å². The molecule has 6 nitrogen and oxygen atoms in total. The summed E-state index contributed by atoms with van der Waals surface area (Å²) in [7, 11) is 0. The summed E-state index contributed by atoms with van der Waals surface area (Å²) in [5.41, 5.74) is 1.92. The molecule has 2 aliphatic heterocycles. The second-order valence-electron chi connectivity index (χ2n) is 10.3. The normalized spacial score (nSPS) is 26.5. The van der Waals surface area contributed by atoms with Crippen LogP contribution in [0.1, 0.15) is 64.9 Å². The van der Waals surface area contributed by atoms with Crippen molar-refractivity contribution >= 4 is 23.4 Å². The molecule has 0 bridgehead atoms. The van der Waals surface area contributed by atoms with Crippen molar-refractivity contribution in [1.29, 1.82) is 0 Å². The Kier molecular flexibility index (Phi) is 7.32. The maximum absolute atomic E-state index is 13.3. The van der Waals surface area contributed by atoms with Crippen LogP contribution in [0.3, 0.4) is 0 Å². The molecule has 0 spiro atoms. The van der Waals surface area contributed by atoms with E-state index in [1.54, 1.807) is 0 Å². The second-order valence-corrected chi connectivity index (χ2v) is 10.3. The fraction of sp³-hybridized carbons (Fsp3) is 0.593. The van der Waals surface area contributed by atoms with E-state index in [2.05, 4.69) is 29.3 Å². The molecular formula is C27H37N3O3. The highest BCUT2D eigenvalue weighted by atomic mass is 16.2. The van der Waals surface area contributed by atoms with Crippen molar-refractivity contribution < 1.29 is 14.4 Å². The van der Waals surface area contributed by atoms with Gasteiger partial charge in [0.05, 0.1) is 11.8 Å². The van der Waals surface area contributed by atoms with E-state index in [0.29, 0.717) is 31.0 Å². The number of anilines is 1. The molecule has 178 valence electrons. The van der Waals surface area contributed by atoms with Gasteiger partial charge in [-0.05, 0) is 69.2 Å². The lowest BCUT2D eigenvalue weighted by atomic mass is 9.85. The number of piperidine rings is 1. The van der Waals surface area contributed by atoms with Crippen LogP contribution in [-0.2, 0) is 20.9 Å². The Morgan fingerprint density at radius 1 is 1.03 bits per heavy atom. The number of amides is 3. The summed E-state index contributed by atoms with van der Waals surface area (Å²) in [6.07, 6.45) is 9.37. The van der Waals surface area contributed by atoms with Crippen LogP contribution in [0.25, 0.3) is 0 Å². The fourth-order valence-corrected chi connectivity index (χ4v) is 5.46. The maximum Gasteiger partial charge on any atom is 0.247 e. The number of rotatable bonds is 7. The number of carbonyl (C=O) groups is 3. The third-order valence-corrected chi connectivity index (χ3v) is 7.40. The van der Waals surface area contributed by atoms with Gasteiger partial charge in [0.25, 0.3) is 0 Å². The number of nitrogens with one attached hydrogen (secondary N) is 1. The van der Waals surface area contributed by atoms with Crippen molar-refractivity contribution in [2.24, 2.45) is 17.8 Å². The van der Waals surface area contributed by atoms with Gasteiger partial charge < -0.3 is 5.32 Å². The lowest BCUT2D eigenvalue weighted by molar-refractivity contribution is -0.147. The maximum atomic E-state index is 13.3. The molecule has 1 aliphatic carbocycles. The van der Waals surface area contributed by atoms with Crippen molar-refractivity contribution in [3.05, 3.63) is 42.0 Å². The lowest BCUT2D eigenvalue weighted by Gasteiger charge is -2.33. The zero-order valence-corrected chi connectivity index (χ0v) is 20.1. The van der Waals surface area contributed by atoms with E-state index < -0.39 is 6.04 Å². The Bertz CT molecular complexity index is 882. The number of nitrogens with zero attached hydrogens (tertiary/aromatic N) is 2. The van der Waals surface area contributed by atoms with Crippen LogP contribution < -0.4 is 5.32 Å². The molecule has 33 heavy (non-hydrogen) atoms. The highest BCUT2D eigenvalue weighted by Gasteiger charge is 2.51. The second kappa shape index (κ2) is 10.2. The summed E-state index contributed by atoms with van der Waals surface area (Å²) in [5, 5.41) is 2.97. The summed E-state index contributed by atoms with van der Waals surface area (Å²) >= 11 is 0. The summed E-state index contributed by atoms with van der Waals surface area (Å²) in [6.45, 7) is 8.35. The predicted octanol–water partition coefficient (Wildman–Crippen LogP) is 4.37. The summed E-state index contributed by atoms with van der Waals surface area (Å²) in [6, 6.07) is 7.78. The third kappa shape index (κ3) is 5.21. The smallest absolute Gasteiger partial charge is 0.247 e. The number of carbonyl (C=O) groups excluding carboxylic acids is 3. The molecule has 1 aromatic rings. The number of hydrogen-bond acceptors (Lipinski definition) is 4. The molecule has 6 heteroatoms. The van der Waals surface area contributed by atoms with E-state index in [0.717, 1.165) is 13.1 Å². The van der Waals surface area contributed by atoms with Crippen molar-refractivity contribution in [2.45, 2.75) is 77.9 Å². The van der Waals surface area contributed by atoms with Gasteiger partial charge in [-0.25, -0.2) is 0 Å². The number of allylic oxidation sites excluding steroid dienone is 2. The Balaban J connectivity index is 1.44. The quantitative estimate of drug-likeness (QED) is 0.494. The first-order chi connectivity index (χ1) is 15.8. The Hall–Kier alpha value is -2.47. The largest absolute Gasteiger partial charge is 0.324 e. The first-order valence-electron chi connectivity index (χ1n) is 12.5. The molecule has 4 rings (SSSR count). The molecule has 0 radical (unpaired) electrons. The SMILES string of the molecule is CC(C)CC(C(=O)Nc1ccc(CN2CCCCC2C)cc1)N1C(=O)C2CC=CCC2C1=O. The van der Waals surface area contributed by atoms with Crippen molar-refractivity contribution in [3.63, 3.8) is 0 Å². The van der Waals surface area contributed by atoms with Gasteiger partial charge in [0.15, 0.2) is 0 Å². The van der Waals surface area contributed by atoms with E-state index in [4.69, 9.17) is 0 Å². The van der Waals surface area contributed by atoms with E-state index in [1.165, 1.54) is 29.7 Å². The van der Waals surface area contributed by atoms with Gasteiger partial charge >= 0.3 is 0 Å². The molecule has 1 aromatic carbocycles. The summed E-state index contributed by atoms with van der Waals surface area (Å²) < 4.78 is 0. The predicted molar refractivity (Wildman–Crippen MR) is 129 cm³/mol. The van der Waals surface area contributed by atoms with Crippen LogP contribution in [0.2, 0.25) is 0 Å². The van der Waals surface area contributed by atoms with Crippen LogP contribution in [0.15, 0.2) is 36.4 Å². The molecule has 2 heterocycles. The molecular weight excluding hydrogens is 414 g/mol. The van der Waals surface area contributed by atoms with Crippen molar-refractivity contribution in [3.8, 4) is 0 Å². The zero-order chi connectivity index (χ0) is 23.5. The fourth-order valence-electron chi connectivity index (χ4n) is 5.46. The van der Waals surface area contributed by atoms with E-state index in [9.17, 15) is 14.4 Å². The molecule has 1 N–H and O–H groups in total. The number of likely N-dealkylation sites (tertiary alicyclic amines) is 2. The number of benzene rings is 1. The average Bonchev–Trinajstić information content (AvgIpc) is 3.05. The van der Waals surface area contributed by atoms with Crippen LogP contribution in [-0.4, -0.2) is 46.1 Å². The van der Waals surface area contributed by atoms with Gasteiger partial charge in [-0.15, -0.1) is 0 Å². The monoisotopic (exact) mass is 451 g/mol. The van der Waals surface area contributed by atoms with Gasteiger partial charge in [-0.2, -0.15) is 0 Å². The molecule has 4 unspecified atom stereocenters. The summed E-state index contributed by atoms with van der Waals surface area (Å²) in [5.74, 6) is -1.13. The first-order valence-corrected chi connectivity index (χ1v) is 12.5. The molecule has 0 saturated carbocycles. The van der Waals surface area contributed by atoms with Gasteiger partial charge in [0, 0.05) is 18.3 Å². The highest BCUT2D eigenvalue weighted by Crippen LogP contribution is 2.37. The summed E-state index contributed by atoms with van der Waals surface area (Å²) in [4.78, 5) is 43.2. The number of hydrogen-bond donors (Lipinski definition) is 1. The molecule has 3 amide bonds. The molecule has 0 aromatic heterocycles. The molecule has 4 atom stereocenters. The molecule has 2 fully saturated rings. The van der Waals surface area contributed by atoms with Crippen LogP contribution >= 0.6 is 0 Å². The Labute approximate surface area is 197 Å². The van der Waals surface area contributed by atoms with Gasteiger partial charge in [0.2, 0.25) is 17.7 Å². The molecule has 2 saturated heterocycles. The Morgan fingerprint density at radius 2 is 1.67 bits per heavy atom. The lowest BCUT2D eigenvalue weighted by Crippen LogP contribution is -2.48. The minimum Gasteiger partial charge on any atom is -0.324 e. The first kappa shape index (κ1) is 23.7. The zero-order valence-electron chi connectivity index (χ0n) is 20.1. The van der Waals surface area contributed by atoms with Crippen molar-refractivity contribution in [1.82, 2.24) is 9.80 Å². The minimum absolute atomic E-state index is 0.177. The topological polar surface area (TPSA) is 69.7 Å².